The van der Waals surface area contributed by atoms with Crippen molar-refractivity contribution in [3.8, 4) is 0 Å². The van der Waals surface area contributed by atoms with Crippen molar-refractivity contribution in [1.29, 1.82) is 0 Å². The first kappa shape index (κ1) is 18.1. The first-order valence-corrected chi connectivity index (χ1v) is 10.1. The molecule has 27 heavy (non-hydrogen) atoms. The maximum atomic E-state index is 4.69. The van der Waals surface area contributed by atoms with E-state index >= 15 is 0 Å². The number of imidazole rings is 1. The van der Waals surface area contributed by atoms with Gasteiger partial charge in [0.15, 0.2) is 0 Å². The van der Waals surface area contributed by atoms with Crippen LogP contribution in [0.2, 0.25) is 0 Å². The molecule has 3 N–H and O–H groups in total. The summed E-state index contributed by atoms with van der Waals surface area (Å²) in [6.07, 6.45) is 7.89. The summed E-state index contributed by atoms with van der Waals surface area (Å²) in [5.74, 6) is 1.02. The second kappa shape index (κ2) is 8.63. The number of hydrogen-bond acceptors (Lipinski definition) is 4. The highest BCUT2D eigenvalue weighted by molar-refractivity contribution is 5.78. The molecular weight excluding hydrogens is 334 g/mol. The predicted molar refractivity (Wildman–Crippen MR) is 110 cm³/mol. The molecule has 0 bridgehead atoms. The Morgan fingerprint density at radius 1 is 1.15 bits per heavy atom. The minimum absolute atomic E-state index is 0.432. The van der Waals surface area contributed by atoms with E-state index in [2.05, 4.69) is 57.9 Å². The summed E-state index contributed by atoms with van der Waals surface area (Å²) in [5, 5.41) is 7.20. The highest BCUT2D eigenvalue weighted by atomic mass is 15.0. The van der Waals surface area contributed by atoms with Crippen LogP contribution >= 0.6 is 0 Å². The number of aromatic nitrogens is 3. The van der Waals surface area contributed by atoms with Crippen LogP contribution in [0.1, 0.15) is 54.4 Å². The lowest BCUT2D eigenvalue weighted by Crippen LogP contribution is -2.27. The second-order valence-electron chi connectivity index (χ2n) is 7.49. The lowest BCUT2D eigenvalue weighted by Gasteiger charge is -2.25. The van der Waals surface area contributed by atoms with Crippen LogP contribution in [0, 0.1) is 6.92 Å². The molecule has 0 aliphatic heterocycles. The number of nitrogens with one attached hydrogen (secondary N) is 3. The average Bonchev–Trinajstić information content (AvgIpc) is 3.12. The Kier molecular flexibility index (Phi) is 5.80. The largest absolute Gasteiger partial charge is 0.341 e. The van der Waals surface area contributed by atoms with Crippen LogP contribution in [0.4, 0.5) is 0 Å². The number of fused-ring (bicyclic) bond motifs is 2. The van der Waals surface area contributed by atoms with Crippen molar-refractivity contribution in [2.75, 3.05) is 13.1 Å². The van der Waals surface area contributed by atoms with Gasteiger partial charge >= 0.3 is 0 Å². The summed E-state index contributed by atoms with van der Waals surface area (Å²) in [6, 6.07) is 11.0. The maximum Gasteiger partial charge on any atom is 0.121 e. The zero-order valence-electron chi connectivity index (χ0n) is 16.1. The van der Waals surface area contributed by atoms with Crippen LogP contribution in [-0.2, 0) is 13.0 Å². The molecule has 1 aromatic carbocycles. The monoisotopic (exact) mass is 363 g/mol. The van der Waals surface area contributed by atoms with Gasteiger partial charge in [-0.1, -0.05) is 18.2 Å². The van der Waals surface area contributed by atoms with E-state index in [1.807, 2.05) is 6.20 Å². The number of benzene rings is 1. The van der Waals surface area contributed by atoms with Gasteiger partial charge in [0, 0.05) is 12.2 Å². The van der Waals surface area contributed by atoms with Crippen molar-refractivity contribution in [2.24, 2.45) is 0 Å². The Balaban J connectivity index is 1.15. The summed E-state index contributed by atoms with van der Waals surface area (Å²) in [6.45, 7) is 4.96. The van der Waals surface area contributed by atoms with E-state index in [1.54, 1.807) is 0 Å². The molecule has 0 amide bonds. The fourth-order valence-corrected chi connectivity index (χ4v) is 3.98. The van der Waals surface area contributed by atoms with Gasteiger partial charge in [-0.2, -0.15) is 0 Å². The van der Waals surface area contributed by atoms with Gasteiger partial charge in [-0.3, -0.25) is 4.98 Å². The summed E-state index contributed by atoms with van der Waals surface area (Å²) in [7, 11) is 0. The van der Waals surface area contributed by atoms with E-state index in [1.165, 1.54) is 42.5 Å². The Labute approximate surface area is 161 Å². The first-order chi connectivity index (χ1) is 13.3. The molecule has 4 rings (SSSR count). The molecule has 0 fully saturated rings. The topological polar surface area (TPSA) is 65.6 Å². The van der Waals surface area contributed by atoms with Crippen LogP contribution in [0.5, 0.6) is 0 Å². The van der Waals surface area contributed by atoms with Crippen molar-refractivity contribution >= 4 is 11.0 Å². The summed E-state index contributed by atoms with van der Waals surface area (Å²) >= 11 is 0. The maximum absolute atomic E-state index is 4.69. The lowest BCUT2D eigenvalue weighted by atomic mass is 9.92. The molecule has 0 radical (unpaired) electrons. The zero-order chi connectivity index (χ0) is 18.5. The predicted octanol–water partition coefficient (Wildman–Crippen LogP) is 3.80. The molecule has 5 nitrogen and oxygen atoms in total. The fraction of sp³-hybridized carbons (Fsp3) is 0.455. The minimum atomic E-state index is 0.432. The van der Waals surface area contributed by atoms with Gasteiger partial charge in [-0.15, -0.1) is 0 Å². The van der Waals surface area contributed by atoms with Gasteiger partial charge in [-0.25, -0.2) is 4.98 Å². The molecule has 2 heterocycles. The number of unbranched alkanes of at least 4 members (excludes halogenated alkanes) is 1. The van der Waals surface area contributed by atoms with Crippen molar-refractivity contribution in [1.82, 2.24) is 25.6 Å². The summed E-state index contributed by atoms with van der Waals surface area (Å²) < 4.78 is 0. The quantitative estimate of drug-likeness (QED) is 0.533. The lowest BCUT2D eigenvalue weighted by molar-refractivity contribution is 0.439. The third-order valence-corrected chi connectivity index (χ3v) is 5.42. The van der Waals surface area contributed by atoms with Crippen molar-refractivity contribution in [3.63, 3.8) is 0 Å². The first-order valence-electron chi connectivity index (χ1n) is 10.1. The Morgan fingerprint density at radius 2 is 2.07 bits per heavy atom. The summed E-state index contributed by atoms with van der Waals surface area (Å²) in [5.41, 5.74) is 6.11. The molecule has 5 heteroatoms. The van der Waals surface area contributed by atoms with Gasteiger partial charge in [0.25, 0.3) is 0 Å². The number of para-hydroxylation sites is 1. The molecular formula is C22H29N5. The molecule has 1 aliphatic rings. The van der Waals surface area contributed by atoms with Crippen molar-refractivity contribution in [2.45, 2.75) is 51.6 Å². The number of aryl methyl sites for hydroxylation is 2. The molecule has 1 atom stereocenters. The van der Waals surface area contributed by atoms with Crippen molar-refractivity contribution in [3.05, 3.63) is 59.2 Å². The normalized spacial score (nSPS) is 16.6. The van der Waals surface area contributed by atoms with Gasteiger partial charge in [0.1, 0.15) is 5.82 Å². The second-order valence-corrected chi connectivity index (χ2v) is 7.49. The van der Waals surface area contributed by atoms with Gasteiger partial charge in [-0.05, 0) is 75.4 Å². The van der Waals surface area contributed by atoms with Crippen molar-refractivity contribution < 1.29 is 0 Å². The highest BCUT2D eigenvalue weighted by Crippen LogP contribution is 2.27. The third kappa shape index (κ3) is 4.37. The number of hydrogen-bond donors (Lipinski definition) is 3. The van der Waals surface area contributed by atoms with E-state index in [-0.39, 0.29) is 0 Å². The van der Waals surface area contributed by atoms with Crippen LogP contribution in [0.25, 0.3) is 11.0 Å². The highest BCUT2D eigenvalue weighted by Gasteiger charge is 2.20. The molecule has 142 valence electrons. The van der Waals surface area contributed by atoms with Crippen LogP contribution in [-0.4, -0.2) is 28.0 Å². The fourth-order valence-electron chi connectivity index (χ4n) is 3.98. The average molecular weight is 364 g/mol. The van der Waals surface area contributed by atoms with Crippen LogP contribution < -0.4 is 10.6 Å². The molecule has 0 saturated carbocycles. The van der Waals surface area contributed by atoms with E-state index in [0.717, 1.165) is 42.9 Å². The molecule has 1 unspecified atom stereocenters. The smallest absolute Gasteiger partial charge is 0.121 e. The minimum Gasteiger partial charge on any atom is -0.341 e. The van der Waals surface area contributed by atoms with Crippen LogP contribution in [0.15, 0.2) is 36.5 Å². The van der Waals surface area contributed by atoms with E-state index in [0.29, 0.717) is 6.04 Å². The van der Waals surface area contributed by atoms with E-state index < -0.39 is 0 Å². The van der Waals surface area contributed by atoms with Gasteiger partial charge in [0.2, 0.25) is 0 Å². The van der Waals surface area contributed by atoms with Crippen LogP contribution in [0.3, 0.4) is 0 Å². The molecule has 3 aromatic rings. The molecule has 1 aliphatic carbocycles. The number of rotatable bonds is 8. The molecule has 0 saturated heterocycles. The molecule has 0 spiro atoms. The third-order valence-electron chi connectivity index (χ3n) is 5.42. The summed E-state index contributed by atoms with van der Waals surface area (Å²) in [4.78, 5) is 12.7. The molecule has 2 aromatic heterocycles. The Hall–Kier alpha value is -2.24. The number of pyridine rings is 1. The standard InChI is InChI=1S/C22H29N5/c1-16-7-4-11-19-21(16)27-20(26-19)15-23-12-2-3-13-24-18-10-5-8-17-9-6-14-25-22(17)18/h4,6-7,9,11,14,18,23-24H,2-3,5,8,10,12-13,15H2,1H3,(H,26,27). The number of nitrogens with zero attached hydrogens (tertiary/aromatic N) is 2. The zero-order valence-corrected chi connectivity index (χ0v) is 16.1. The Bertz CT molecular complexity index is 885. The number of H-pyrrole nitrogens is 1. The SMILES string of the molecule is Cc1cccc2[nH]c(CNCCCCNC3CCCc4cccnc43)nc12. The number of aromatic amines is 1. The van der Waals surface area contributed by atoms with Gasteiger partial charge < -0.3 is 15.6 Å². The Morgan fingerprint density at radius 3 is 3.00 bits per heavy atom. The van der Waals surface area contributed by atoms with E-state index in [4.69, 9.17) is 4.98 Å². The van der Waals surface area contributed by atoms with E-state index in [9.17, 15) is 0 Å². The van der Waals surface area contributed by atoms with Gasteiger partial charge in [0.05, 0.1) is 23.3 Å².